The number of hydrogen-bond donors (Lipinski definition) is 1. The molecule has 0 atom stereocenters. The van der Waals surface area contributed by atoms with Crippen molar-refractivity contribution < 1.29 is 9.59 Å². The summed E-state index contributed by atoms with van der Waals surface area (Å²) in [6, 6.07) is 5.01. The molecule has 0 amide bonds. The van der Waals surface area contributed by atoms with E-state index < -0.39 is 0 Å². The third kappa shape index (κ3) is 2.67. The van der Waals surface area contributed by atoms with Crippen LogP contribution >= 0.6 is 15.9 Å². The Hall–Kier alpha value is -1.16. The van der Waals surface area contributed by atoms with Gasteiger partial charge in [-0.25, -0.2) is 0 Å². The molecule has 1 aromatic rings. The average molecular weight is 256 g/mol. The molecule has 0 aromatic heterocycles. The van der Waals surface area contributed by atoms with Gasteiger partial charge in [-0.15, -0.1) is 0 Å². The zero-order chi connectivity index (χ0) is 10.7. The van der Waals surface area contributed by atoms with E-state index in [1.165, 1.54) is 6.92 Å². The Balaban J connectivity index is 3.00. The molecular formula is C10H10BrNO2. The fourth-order valence-corrected chi connectivity index (χ4v) is 1.45. The number of nitrogen functional groups attached to an aromatic ring is 1. The Morgan fingerprint density at radius 2 is 2.07 bits per heavy atom. The van der Waals surface area contributed by atoms with Crippen LogP contribution in [0.4, 0.5) is 5.69 Å². The Morgan fingerprint density at radius 3 is 2.64 bits per heavy atom. The maximum atomic E-state index is 11.5. The van der Waals surface area contributed by atoms with Crippen molar-refractivity contribution in [1.29, 1.82) is 0 Å². The first kappa shape index (κ1) is 10.9. The van der Waals surface area contributed by atoms with Gasteiger partial charge in [0.05, 0.1) is 6.42 Å². The number of nitrogens with two attached hydrogens (primary N) is 1. The van der Waals surface area contributed by atoms with Crippen molar-refractivity contribution in [1.82, 2.24) is 0 Å². The number of anilines is 1. The van der Waals surface area contributed by atoms with E-state index in [-0.39, 0.29) is 18.0 Å². The number of benzene rings is 1. The number of Topliss-reactive ketones (excluding diaryl/α,β-unsaturated/α-hetero) is 2. The molecule has 3 nitrogen and oxygen atoms in total. The summed E-state index contributed by atoms with van der Waals surface area (Å²) in [5, 5.41) is 0. The van der Waals surface area contributed by atoms with Crippen LogP contribution in [0.15, 0.2) is 22.7 Å². The maximum Gasteiger partial charge on any atom is 0.172 e. The Kier molecular flexibility index (Phi) is 3.41. The van der Waals surface area contributed by atoms with Crippen molar-refractivity contribution in [3.8, 4) is 0 Å². The highest BCUT2D eigenvalue weighted by Crippen LogP contribution is 2.19. The third-order valence-electron chi connectivity index (χ3n) is 1.73. The second-order valence-corrected chi connectivity index (χ2v) is 3.95. The Labute approximate surface area is 90.4 Å². The first-order valence-corrected chi connectivity index (χ1v) is 4.87. The van der Waals surface area contributed by atoms with Gasteiger partial charge >= 0.3 is 0 Å². The van der Waals surface area contributed by atoms with Crippen LogP contribution in [0.2, 0.25) is 0 Å². The van der Waals surface area contributed by atoms with E-state index in [1.54, 1.807) is 18.2 Å². The quantitative estimate of drug-likeness (QED) is 0.512. The van der Waals surface area contributed by atoms with Gasteiger partial charge < -0.3 is 5.73 Å². The highest BCUT2D eigenvalue weighted by molar-refractivity contribution is 9.10. The summed E-state index contributed by atoms with van der Waals surface area (Å²) in [4.78, 5) is 22.3. The minimum atomic E-state index is -0.240. The average Bonchev–Trinajstić information content (AvgIpc) is 2.08. The van der Waals surface area contributed by atoms with Gasteiger partial charge in [0.2, 0.25) is 0 Å². The van der Waals surface area contributed by atoms with Crippen molar-refractivity contribution in [2.75, 3.05) is 5.73 Å². The molecule has 0 saturated heterocycles. The lowest BCUT2D eigenvalue weighted by Gasteiger charge is -2.03. The molecular weight excluding hydrogens is 246 g/mol. The molecule has 0 spiro atoms. The van der Waals surface area contributed by atoms with Gasteiger partial charge in [0.15, 0.2) is 5.78 Å². The minimum Gasteiger partial charge on any atom is -0.398 e. The van der Waals surface area contributed by atoms with E-state index in [1.807, 2.05) is 0 Å². The standard InChI is InChI=1S/C10H10BrNO2/c1-6(13)4-10(14)8-5-7(11)2-3-9(8)12/h2-3,5H,4,12H2,1H3. The molecule has 0 aliphatic rings. The van der Waals surface area contributed by atoms with E-state index in [0.717, 1.165) is 4.47 Å². The molecule has 74 valence electrons. The summed E-state index contributed by atoms with van der Waals surface area (Å²) >= 11 is 3.24. The number of halogens is 1. The van der Waals surface area contributed by atoms with Crippen LogP contribution in [0.1, 0.15) is 23.7 Å². The molecule has 0 saturated carbocycles. The second-order valence-electron chi connectivity index (χ2n) is 3.03. The smallest absolute Gasteiger partial charge is 0.172 e. The van der Waals surface area contributed by atoms with E-state index in [9.17, 15) is 9.59 Å². The van der Waals surface area contributed by atoms with Gasteiger partial charge in [0, 0.05) is 15.7 Å². The van der Waals surface area contributed by atoms with Gasteiger partial charge in [-0.1, -0.05) is 15.9 Å². The predicted molar refractivity (Wildman–Crippen MR) is 58.2 cm³/mol. The van der Waals surface area contributed by atoms with Crippen LogP contribution < -0.4 is 5.73 Å². The van der Waals surface area contributed by atoms with Crippen molar-refractivity contribution in [2.24, 2.45) is 0 Å². The highest BCUT2D eigenvalue weighted by atomic mass is 79.9. The lowest BCUT2D eigenvalue weighted by Crippen LogP contribution is -2.07. The van der Waals surface area contributed by atoms with E-state index in [2.05, 4.69) is 15.9 Å². The van der Waals surface area contributed by atoms with E-state index in [0.29, 0.717) is 11.3 Å². The predicted octanol–water partition coefficient (Wildman–Crippen LogP) is 2.19. The van der Waals surface area contributed by atoms with Crippen LogP contribution in [-0.2, 0) is 4.79 Å². The number of hydrogen-bond acceptors (Lipinski definition) is 3. The van der Waals surface area contributed by atoms with Crippen LogP contribution in [0.5, 0.6) is 0 Å². The third-order valence-corrected chi connectivity index (χ3v) is 2.22. The van der Waals surface area contributed by atoms with E-state index >= 15 is 0 Å². The molecule has 14 heavy (non-hydrogen) atoms. The highest BCUT2D eigenvalue weighted by Gasteiger charge is 2.11. The lowest BCUT2D eigenvalue weighted by molar-refractivity contribution is -0.116. The SMILES string of the molecule is CC(=O)CC(=O)c1cc(Br)ccc1N. The summed E-state index contributed by atoms with van der Waals surface area (Å²) < 4.78 is 0.776. The molecule has 0 aliphatic heterocycles. The normalized spacial score (nSPS) is 9.86. The van der Waals surface area contributed by atoms with Gasteiger partial charge in [-0.2, -0.15) is 0 Å². The number of carbonyl (C=O) groups excluding carboxylic acids is 2. The summed E-state index contributed by atoms with van der Waals surface area (Å²) in [5.41, 5.74) is 6.41. The largest absolute Gasteiger partial charge is 0.398 e. The van der Waals surface area contributed by atoms with Crippen LogP contribution in [0, 0.1) is 0 Å². The molecule has 2 N–H and O–H groups in total. The molecule has 0 radical (unpaired) electrons. The van der Waals surface area contributed by atoms with Crippen molar-refractivity contribution >= 4 is 33.2 Å². The summed E-state index contributed by atoms with van der Waals surface area (Å²) in [6.07, 6.45) is -0.0966. The first-order chi connectivity index (χ1) is 6.50. The van der Waals surface area contributed by atoms with Gasteiger partial charge in [-0.05, 0) is 25.1 Å². The number of carbonyl (C=O) groups is 2. The van der Waals surface area contributed by atoms with Crippen LogP contribution in [0.25, 0.3) is 0 Å². The van der Waals surface area contributed by atoms with Gasteiger partial charge in [0.25, 0.3) is 0 Å². The number of ketones is 2. The van der Waals surface area contributed by atoms with Crippen molar-refractivity contribution in [3.63, 3.8) is 0 Å². The van der Waals surface area contributed by atoms with Gasteiger partial charge in [0.1, 0.15) is 5.78 Å². The maximum absolute atomic E-state index is 11.5. The summed E-state index contributed by atoms with van der Waals surface area (Å²) in [5.74, 6) is -0.398. The summed E-state index contributed by atoms with van der Waals surface area (Å²) in [6.45, 7) is 1.38. The van der Waals surface area contributed by atoms with Crippen molar-refractivity contribution in [2.45, 2.75) is 13.3 Å². The topological polar surface area (TPSA) is 60.2 Å². The zero-order valence-electron chi connectivity index (χ0n) is 7.71. The molecule has 0 heterocycles. The zero-order valence-corrected chi connectivity index (χ0v) is 9.30. The van der Waals surface area contributed by atoms with Crippen molar-refractivity contribution in [3.05, 3.63) is 28.2 Å². The molecule has 0 bridgehead atoms. The summed E-state index contributed by atoms with van der Waals surface area (Å²) in [7, 11) is 0. The molecule has 0 aliphatic carbocycles. The molecule has 1 rings (SSSR count). The second kappa shape index (κ2) is 4.37. The van der Waals surface area contributed by atoms with Crippen LogP contribution in [0.3, 0.4) is 0 Å². The molecule has 0 unspecified atom stereocenters. The molecule has 4 heteroatoms. The fraction of sp³-hybridized carbons (Fsp3) is 0.200. The number of rotatable bonds is 3. The monoisotopic (exact) mass is 255 g/mol. The van der Waals surface area contributed by atoms with E-state index in [4.69, 9.17) is 5.73 Å². The Bertz CT molecular complexity index is 388. The molecule has 1 aromatic carbocycles. The fourth-order valence-electron chi connectivity index (χ4n) is 1.09. The minimum absolute atomic E-state index is 0.0966. The van der Waals surface area contributed by atoms with Crippen LogP contribution in [-0.4, -0.2) is 11.6 Å². The molecule has 0 fully saturated rings. The first-order valence-electron chi connectivity index (χ1n) is 4.08. The van der Waals surface area contributed by atoms with Gasteiger partial charge in [-0.3, -0.25) is 9.59 Å². The Morgan fingerprint density at radius 1 is 1.43 bits per heavy atom. The lowest BCUT2D eigenvalue weighted by atomic mass is 10.1.